The topological polar surface area (TPSA) is 9.23 Å². The van der Waals surface area contributed by atoms with Crippen LogP contribution in [0.3, 0.4) is 0 Å². The fourth-order valence-electron chi connectivity index (χ4n) is 3.50. The first-order valence-corrected chi connectivity index (χ1v) is 9.37. The van der Waals surface area contributed by atoms with E-state index in [4.69, 9.17) is 4.74 Å². The van der Waals surface area contributed by atoms with Gasteiger partial charge in [-0.3, -0.25) is 0 Å². The second kappa shape index (κ2) is 8.24. The number of ether oxygens (including phenoxy) is 1. The fourth-order valence-corrected chi connectivity index (χ4v) is 4.63. The molecule has 110 valence electrons. The molecule has 2 rings (SSSR count). The third kappa shape index (κ3) is 5.06. The van der Waals surface area contributed by atoms with Crippen LogP contribution >= 0.6 is 11.8 Å². The van der Waals surface area contributed by atoms with Gasteiger partial charge >= 0.3 is 0 Å². The molecule has 0 radical (unpaired) electrons. The zero-order chi connectivity index (χ0) is 13.4. The van der Waals surface area contributed by atoms with Gasteiger partial charge in [0.2, 0.25) is 0 Å². The Morgan fingerprint density at radius 2 is 2.00 bits per heavy atom. The molecule has 0 spiro atoms. The molecule has 2 heteroatoms. The molecule has 1 nitrogen and oxygen atoms in total. The van der Waals surface area contributed by atoms with Crippen LogP contribution < -0.4 is 0 Å². The maximum Gasteiger partial charge on any atom is 0.0873 e. The molecule has 1 aliphatic carbocycles. The molecule has 2 aliphatic rings. The van der Waals surface area contributed by atoms with Crippen molar-refractivity contribution >= 4 is 11.8 Å². The highest BCUT2D eigenvalue weighted by molar-refractivity contribution is 7.99. The standard InChI is InChI=1S/C17H30OS/c1-2-17(10-6-13-19-14-11-17)9-5-12-18-15-16-7-3-4-8-16/h15H,2-14H2,1H3. The van der Waals surface area contributed by atoms with Crippen LogP contribution in [0, 0.1) is 5.41 Å². The van der Waals surface area contributed by atoms with Crippen molar-refractivity contribution in [3.8, 4) is 0 Å². The van der Waals surface area contributed by atoms with Crippen LogP contribution in [0.1, 0.15) is 71.1 Å². The minimum Gasteiger partial charge on any atom is -0.501 e. The fraction of sp³-hybridized carbons (Fsp3) is 0.882. The molecular formula is C17H30OS. The highest BCUT2D eigenvalue weighted by Gasteiger charge is 2.28. The molecule has 1 heterocycles. The second-order valence-electron chi connectivity index (χ2n) is 6.28. The first kappa shape index (κ1) is 15.3. The summed E-state index contributed by atoms with van der Waals surface area (Å²) in [6, 6.07) is 0. The van der Waals surface area contributed by atoms with Crippen molar-refractivity contribution in [3.05, 3.63) is 11.8 Å². The summed E-state index contributed by atoms with van der Waals surface area (Å²) in [4.78, 5) is 0. The van der Waals surface area contributed by atoms with Gasteiger partial charge < -0.3 is 4.74 Å². The van der Waals surface area contributed by atoms with Crippen molar-refractivity contribution in [2.24, 2.45) is 5.41 Å². The summed E-state index contributed by atoms with van der Waals surface area (Å²) >= 11 is 2.15. The van der Waals surface area contributed by atoms with E-state index >= 15 is 0 Å². The maximum absolute atomic E-state index is 5.76. The van der Waals surface area contributed by atoms with Gasteiger partial charge in [-0.1, -0.05) is 13.3 Å². The average Bonchev–Trinajstić information content (AvgIpc) is 2.84. The Balaban J connectivity index is 1.66. The Labute approximate surface area is 123 Å². The molecule has 0 aromatic carbocycles. The van der Waals surface area contributed by atoms with E-state index in [1.54, 1.807) is 0 Å². The van der Waals surface area contributed by atoms with Gasteiger partial charge in [-0.25, -0.2) is 0 Å². The molecule has 0 aromatic heterocycles. The third-order valence-electron chi connectivity index (χ3n) is 4.99. The van der Waals surface area contributed by atoms with Crippen molar-refractivity contribution in [1.82, 2.24) is 0 Å². The molecule has 1 atom stereocenters. The third-order valence-corrected chi connectivity index (χ3v) is 6.06. The predicted molar refractivity (Wildman–Crippen MR) is 85.6 cm³/mol. The lowest BCUT2D eigenvalue weighted by Gasteiger charge is -2.31. The number of thioether (sulfide) groups is 1. The Morgan fingerprint density at radius 1 is 1.16 bits per heavy atom. The van der Waals surface area contributed by atoms with E-state index < -0.39 is 0 Å². The average molecular weight is 282 g/mol. The lowest BCUT2D eigenvalue weighted by molar-refractivity contribution is 0.174. The van der Waals surface area contributed by atoms with Gasteiger partial charge in [0, 0.05) is 0 Å². The summed E-state index contributed by atoms with van der Waals surface area (Å²) in [6.07, 6.45) is 15.6. The molecule has 19 heavy (non-hydrogen) atoms. The SMILES string of the molecule is CCC1(CCCOC=C2CCCC2)CCCSCC1. The van der Waals surface area contributed by atoms with Crippen LogP contribution in [0.25, 0.3) is 0 Å². The summed E-state index contributed by atoms with van der Waals surface area (Å²) in [6.45, 7) is 3.32. The van der Waals surface area contributed by atoms with E-state index in [9.17, 15) is 0 Å². The number of hydrogen-bond acceptors (Lipinski definition) is 2. The van der Waals surface area contributed by atoms with Crippen molar-refractivity contribution in [3.63, 3.8) is 0 Å². The van der Waals surface area contributed by atoms with Crippen LogP contribution in [-0.4, -0.2) is 18.1 Å². The molecule has 0 bridgehead atoms. The number of allylic oxidation sites excluding steroid dienone is 1. The van der Waals surface area contributed by atoms with Crippen molar-refractivity contribution in [1.29, 1.82) is 0 Å². The smallest absolute Gasteiger partial charge is 0.0873 e. The lowest BCUT2D eigenvalue weighted by Crippen LogP contribution is -2.20. The quantitative estimate of drug-likeness (QED) is 0.466. The largest absolute Gasteiger partial charge is 0.501 e. The summed E-state index contributed by atoms with van der Waals surface area (Å²) < 4.78 is 5.76. The van der Waals surface area contributed by atoms with Gasteiger partial charge in [0.15, 0.2) is 0 Å². The summed E-state index contributed by atoms with van der Waals surface area (Å²) in [5, 5.41) is 0. The van der Waals surface area contributed by atoms with Crippen LogP contribution in [0.5, 0.6) is 0 Å². The van der Waals surface area contributed by atoms with Crippen molar-refractivity contribution < 1.29 is 4.74 Å². The Morgan fingerprint density at radius 3 is 2.79 bits per heavy atom. The lowest BCUT2D eigenvalue weighted by atomic mass is 9.75. The highest BCUT2D eigenvalue weighted by atomic mass is 32.2. The Kier molecular flexibility index (Phi) is 6.63. The van der Waals surface area contributed by atoms with E-state index in [0.717, 1.165) is 6.61 Å². The highest BCUT2D eigenvalue weighted by Crippen LogP contribution is 2.40. The summed E-state index contributed by atoms with van der Waals surface area (Å²) in [5.41, 5.74) is 2.17. The van der Waals surface area contributed by atoms with Crippen LogP contribution in [0.4, 0.5) is 0 Å². The van der Waals surface area contributed by atoms with E-state index in [2.05, 4.69) is 24.9 Å². The maximum atomic E-state index is 5.76. The zero-order valence-corrected chi connectivity index (χ0v) is 13.4. The minimum absolute atomic E-state index is 0.632. The molecule has 0 aromatic rings. The Hall–Kier alpha value is -0.110. The molecular weight excluding hydrogens is 252 g/mol. The van der Waals surface area contributed by atoms with E-state index in [-0.39, 0.29) is 0 Å². The van der Waals surface area contributed by atoms with Gasteiger partial charge in [-0.15, -0.1) is 0 Å². The van der Waals surface area contributed by atoms with Gasteiger partial charge in [0.1, 0.15) is 0 Å². The predicted octanol–water partition coefficient (Wildman–Crippen LogP) is 5.55. The van der Waals surface area contributed by atoms with Gasteiger partial charge in [0.05, 0.1) is 12.9 Å². The van der Waals surface area contributed by atoms with Gasteiger partial charge in [-0.05, 0) is 80.3 Å². The second-order valence-corrected chi connectivity index (χ2v) is 7.50. The molecule has 1 saturated carbocycles. The first-order chi connectivity index (χ1) is 9.35. The molecule has 1 aliphatic heterocycles. The first-order valence-electron chi connectivity index (χ1n) is 8.22. The van der Waals surface area contributed by atoms with Crippen molar-refractivity contribution in [2.75, 3.05) is 18.1 Å². The number of hydrogen-bond donors (Lipinski definition) is 0. The van der Waals surface area contributed by atoms with E-state index in [0.29, 0.717) is 5.41 Å². The van der Waals surface area contributed by atoms with Crippen LogP contribution in [0.2, 0.25) is 0 Å². The molecule has 2 fully saturated rings. The number of rotatable bonds is 6. The van der Waals surface area contributed by atoms with Gasteiger partial charge in [-0.2, -0.15) is 11.8 Å². The summed E-state index contributed by atoms with van der Waals surface area (Å²) in [5.74, 6) is 2.75. The van der Waals surface area contributed by atoms with E-state index in [1.807, 2.05) is 0 Å². The molecule has 0 amide bonds. The van der Waals surface area contributed by atoms with Crippen molar-refractivity contribution in [2.45, 2.75) is 71.1 Å². The van der Waals surface area contributed by atoms with E-state index in [1.165, 1.54) is 81.3 Å². The molecule has 0 N–H and O–H groups in total. The monoisotopic (exact) mass is 282 g/mol. The van der Waals surface area contributed by atoms with Crippen LogP contribution in [-0.2, 0) is 4.74 Å². The Bertz CT molecular complexity index is 269. The molecule has 1 saturated heterocycles. The zero-order valence-electron chi connectivity index (χ0n) is 12.6. The van der Waals surface area contributed by atoms with Gasteiger partial charge in [0.25, 0.3) is 0 Å². The normalized spacial score (nSPS) is 28.2. The molecule has 1 unspecified atom stereocenters. The summed E-state index contributed by atoms with van der Waals surface area (Å²) in [7, 11) is 0. The van der Waals surface area contributed by atoms with Crippen LogP contribution in [0.15, 0.2) is 11.8 Å². The minimum atomic E-state index is 0.632.